The lowest BCUT2D eigenvalue weighted by Crippen LogP contribution is -2.33. The number of nitrogens with zero attached hydrogens (tertiary/aromatic N) is 1. The summed E-state index contributed by atoms with van der Waals surface area (Å²) in [6.07, 6.45) is 0. The molecule has 0 radical (unpaired) electrons. The Morgan fingerprint density at radius 1 is 0.733 bits per heavy atom. The molecule has 0 aromatic heterocycles. The van der Waals surface area contributed by atoms with Crippen LogP contribution in [0.1, 0.15) is 11.1 Å². The standard InChI is InChI=1S/C24H26N2O3S/c1-27-21-12-10-18(11-13-21)16-26(17-19-6-4-8-22(14-19)28-2)24(30)25-20-7-5-9-23(15-20)29-3/h4-15H,16-17H2,1-3H3,(H,25,30). The molecule has 0 saturated carbocycles. The zero-order chi connectivity index (χ0) is 21.3. The number of methoxy groups -OCH3 is 3. The lowest BCUT2D eigenvalue weighted by molar-refractivity contribution is 0.400. The van der Waals surface area contributed by atoms with Crippen LogP contribution < -0.4 is 19.5 Å². The van der Waals surface area contributed by atoms with E-state index >= 15 is 0 Å². The van der Waals surface area contributed by atoms with Gasteiger partial charge in [-0.2, -0.15) is 0 Å². The van der Waals surface area contributed by atoms with Crippen molar-refractivity contribution in [2.75, 3.05) is 26.6 Å². The molecule has 3 rings (SSSR count). The summed E-state index contributed by atoms with van der Waals surface area (Å²) >= 11 is 5.76. The fraction of sp³-hybridized carbons (Fsp3) is 0.208. The Morgan fingerprint density at radius 2 is 1.33 bits per heavy atom. The van der Waals surface area contributed by atoms with E-state index in [1.165, 1.54) is 0 Å². The molecule has 0 heterocycles. The number of thiocarbonyl (C=S) groups is 1. The van der Waals surface area contributed by atoms with Crippen LogP contribution in [0.3, 0.4) is 0 Å². The van der Waals surface area contributed by atoms with Gasteiger partial charge in [0.2, 0.25) is 0 Å². The Morgan fingerprint density at radius 3 is 2.00 bits per heavy atom. The molecular weight excluding hydrogens is 396 g/mol. The van der Waals surface area contributed by atoms with Crippen LogP contribution in [0.25, 0.3) is 0 Å². The van der Waals surface area contributed by atoms with E-state index in [4.69, 9.17) is 26.4 Å². The summed E-state index contributed by atoms with van der Waals surface area (Å²) < 4.78 is 15.9. The highest BCUT2D eigenvalue weighted by Crippen LogP contribution is 2.21. The average Bonchev–Trinajstić information content (AvgIpc) is 2.79. The lowest BCUT2D eigenvalue weighted by Gasteiger charge is -2.26. The van der Waals surface area contributed by atoms with Crippen LogP contribution >= 0.6 is 12.2 Å². The van der Waals surface area contributed by atoms with Crippen LogP contribution in [0.5, 0.6) is 17.2 Å². The molecule has 5 nitrogen and oxygen atoms in total. The Labute approximate surface area is 183 Å². The van der Waals surface area contributed by atoms with Gasteiger partial charge in [0.15, 0.2) is 5.11 Å². The van der Waals surface area contributed by atoms with Gasteiger partial charge in [-0.15, -0.1) is 0 Å². The highest BCUT2D eigenvalue weighted by atomic mass is 32.1. The maximum absolute atomic E-state index is 5.76. The predicted molar refractivity (Wildman–Crippen MR) is 124 cm³/mol. The lowest BCUT2D eigenvalue weighted by atomic mass is 10.1. The summed E-state index contributed by atoms with van der Waals surface area (Å²) in [7, 11) is 4.98. The van der Waals surface area contributed by atoms with Gasteiger partial charge < -0.3 is 24.4 Å². The molecule has 0 spiro atoms. The number of hydrogen-bond donors (Lipinski definition) is 1. The van der Waals surface area contributed by atoms with E-state index in [2.05, 4.69) is 16.3 Å². The maximum Gasteiger partial charge on any atom is 0.174 e. The summed E-state index contributed by atoms with van der Waals surface area (Å²) in [5.74, 6) is 2.43. The first-order valence-electron chi connectivity index (χ1n) is 9.57. The van der Waals surface area contributed by atoms with E-state index in [9.17, 15) is 0 Å². The van der Waals surface area contributed by atoms with Gasteiger partial charge in [-0.1, -0.05) is 30.3 Å². The normalized spacial score (nSPS) is 10.2. The van der Waals surface area contributed by atoms with Crippen molar-refractivity contribution in [3.63, 3.8) is 0 Å². The number of nitrogens with one attached hydrogen (secondary N) is 1. The van der Waals surface area contributed by atoms with Crippen LogP contribution in [-0.4, -0.2) is 31.3 Å². The van der Waals surface area contributed by atoms with Gasteiger partial charge in [0.05, 0.1) is 21.3 Å². The van der Waals surface area contributed by atoms with E-state index in [0.717, 1.165) is 34.1 Å². The average molecular weight is 423 g/mol. The van der Waals surface area contributed by atoms with Gasteiger partial charge in [0, 0.05) is 24.8 Å². The molecule has 0 saturated heterocycles. The van der Waals surface area contributed by atoms with Gasteiger partial charge in [-0.25, -0.2) is 0 Å². The number of benzene rings is 3. The third kappa shape index (κ3) is 5.87. The molecule has 0 unspecified atom stereocenters. The molecule has 1 N–H and O–H groups in total. The van der Waals surface area contributed by atoms with Crippen LogP contribution in [0, 0.1) is 0 Å². The minimum atomic E-state index is 0.627. The van der Waals surface area contributed by atoms with Crippen molar-refractivity contribution in [2.24, 2.45) is 0 Å². The Bertz CT molecular complexity index is 976. The van der Waals surface area contributed by atoms with Crippen molar-refractivity contribution in [1.82, 2.24) is 4.90 Å². The summed E-state index contributed by atoms with van der Waals surface area (Å²) in [5.41, 5.74) is 3.12. The van der Waals surface area contributed by atoms with Gasteiger partial charge in [-0.3, -0.25) is 0 Å². The second-order valence-corrected chi connectivity index (χ2v) is 7.10. The molecular formula is C24H26N2O3S. The Balaban J connectivity index is 1.81. The van der Waals surface area contributed by atoms with Gasteiger partial charge in [0.1, 0.15) is 17.2 Å². The first-order chi connectivity index (χ1) is 14.6. The Hall–Kier alpha value is -3.25. The van der Waals surface area contributed by atoms with Gasteiger partial charge in [0.25, 0.3) is 0 Å². The minimum absolute atomic E-state index is 0.627. The predicted octanol–water partition coefficient (Wildman–Crippen LogP) is 5.11. The first kappa shape index (κ1) is 21.5. The second-order valence-electron chi connectivity index (χ2n) is 6.72. The monoisotopic (exact) mass is 422 g/mol. The quantitative estimate of drug-likeness (QED) is 0.509. The largest absolute Gasteiger partial charge is 0.497 e. The molecule has 0 fully saturated rings. The highest BCUT2D eigenvalue weighted by Gasteiger charge is 2.13. The van der Waals surface area contributed by atoms with Crippen LogP contribution in [0.4, 0.5) is 5.69 Å². The smallest absolute Gasteiger partial charge is 0.174 e. The number of ether oxygens (including phenoxy) is 3. The van der Waals surface area contributed by atoms with Crippen molar-refractivity contribution in [3.8, 4) is 17.2 Å². The summed E-state index contributed by atoms with van der Waals surface area (Å²) in [5, 5.41) is 3.96. The third-order valence-corrected chi connectivity index (χ3v) is 5.01. The highest BCUT2D eigenvalue weighted by molar-refractivity contribution is 7.80. The van der Waals surface area contributed by atoms with Crippen molar-refractivity contribution in [1.29, 1.82) is 0 Å². The molecule has 0 aliphatic rings. The minimum Gasteiger partial charge on any atom is -0.497 e. The zero-order valence-corrected chi connectivity index (χ0v) is 18.2. The summed E-state index contributed by atoms with van der Waals surface area (Å²) in [4.78, 5) is 2.12. The zero-order valence-electron chi connectivity index (χ0n) is 17.4. The molecule has 156 valence electrons. The van der Waals surface area contributed by atoms with E-state index in [-0.39, 0.29) is 0 Å². The van der Waals surface area contributed by atoms with Crippen LogP contribution in [-0.2, 0) is 13.1 Å². The topological polar surface area (TPSA) is 43.0 Å². The Kier molecular flexibility index (Phi) is 7.51. The van der Waals surface area contributed by atoms with Gasteiger partial charge in [-0.05, 0) is 59.7 Å². The van der Waals surface area contributed by atoms with E-state index in [0.29, 0.717) is 18.2 Å². The molecule has 0 amide bonds. The first-order valence-corrected chi connectivity index (χ1v) is 9.98. The van der Waals surface area contributed by atoms with Crippen molar-refractivity contribution >= 4 is 23.0 Å². The fourth-order valence-corrected chi connectivity index (χ4v) is 3.29. The van der Waals surface area contributed by atoms with E-state index < -0.39 is 0 Å². The molecule has 0 aliphatic carbocycles. The number of anilines is 1. The number of rotatable bonds is 8. The van der Waals surface area contributed by atoms with Crippen LogP contribution in [0.2, 0.25) is 0 Å². The van der Waals surface area contributed by atoms with E-state index in [1.807, 2.05) is 66.7 Å². The van der Waals surface area contributed by atoms with E-state index in [1.54, 1.807) is 21.3 Å². The van der Waals surface area contributed by atoms with Crippen molar-refractivity contribution in [2.45, 2.75) is 13.1 Å². The third-order valence-electron chi connectivity index (χ3n) is 4.65. The molecule has 0 atom stereocenters. The SMILES string of the molecule is COc1ccc(CN(Cc2cccc(OC)c2)C(=S)Nc2cccc(OC)c2)cc1. The molecule has 0 aliphatic heterocycles. The summed E-state index contributed by atoms with van der Waals surface area (Å²) in [6, 6.07) is 23.7. The maximum atomic E-state index is 5.76. The molecule has 3 aromatic carbocycles. The molecule has 0 bridgehead atoms. The van der Waals surface area contributed by atoms with Crippen molar-refractivity contribution in [3.05, 3.63) is 83.9 Å². The summed E-state index contributed by atoms with van der Waals surface area (Å²) in [6.45, 7) is 1.29. The van der Waals surface area contributed by atoms with Crippen LogP contribution in [0.15, 0.2) is 72.8 Å². The van der Waals surface area contributed by atoms with Crippen molar-refractivity contribution < 1.29 is 14.2 Å². The van der Waals surface area contributed by atoms with Gasteiger partial charge >= 0.3 is 0 Å². The molecule has 3 aromatic rings. The molecule has 6 heteroatoms. The molecule has 30 heavy (non-hydrogen) atoms. The number of hydrogen-bond acceptors (Lipinski definition) is 4. The fourth-order valence-electron chi connectivity index (χ4n) is 3.05. The second kappa shape index (κ2) is 10.5.